The number of esters is 2. The Balaban J connectivity index is 1.29. The first kappa shape index (κ1) is 29.9. The summed E-state index contributed by atoms with van der Waals surface area (Å²) in [5, 5.41) is 61.7. The molecule has 226 valence electrons. The van der Waals surface area contributed by atoms with Crippen molar-refractivity contribution < 1.29 is 68.7 Å². The number of rotatable bonds is 5. The number of Topliss-reactive ketones (excluding diaryl/α,β-unsaturated/α-hetero) is 1. The van der Waals surface area contributed by atoms with Crippen molar-refractivity contribution in [3.63, 3.8) is 0 Å². The van der Waals surface area contributed by atoms with E-state index in [0.29, 0.717) is 5.56 Å². The van der Waals surface area contributed by atoms with Crippen molar-refractivity contribution in [3.05, 3.63) is 35.9 Å². The van der Waals surface area contributed by atoms with Gasteiger partial charge in [0.1, 0.15) is 36.6 Å². The molecule has 6 N–H and O–H groups in total. The van der Waals surface area contributed by atoms with E-state index >= 15 is 0 Å². The summed E-state index contributed by atoms with van der Waals surface area (Å²) in [7, 11) is 0. The zero-order valence-corrected chi connectivity index (χ0v) is 22.1. The number of fused-ring (bicyclic) bond motifs is 1. The van der Waals surface area contributed by atoms with Crippen molar-refractivity contribution in [1.29, 1.82) is 0 Å². The molecule has 1 spiro atoms. The summed E-state index contributed by atoms with van der Waals surface area (Å²) in [4.78, 5) is 39.3. The molecule has 1 saturated carbocycles. The van der Waals surface area contributed by atoms with Crippen LogP contribution in [0.4, 0.5) is 0 Å². The molecule has 0 aromatic heterocycles. The van der Waals surface area contributed by atoms with Gasteiger partial charge in [0.25, 0.3) is 0 Å². The lowest BCUT2D eigenvalue weighted by Crippen LogP contribution is -2.62. The van der Waals surface area contributed by atoms with Gasteiger partial charge in [-0.1, -0.05) is 25.1 Å². The summed E-state index contributed by atoms with van der Waals surface area (Å²) in [6.07, 6.45) is -13.3. The van der Waals surface area contributed by atoms with Crippen LogP contribution in [0.15, 0.2) is 30.3 Å². The molecule has 4 fully saturated rings. The minimum Gasteiger partial charge on any atom is -0.458 e. The summed E-state index contributed by atoms with van der Waals surface area (Å²) < 4.78 is 27.8. The topological polar surface area (TPSA) is 219 Å². The average Bonchev–Trinajstić information content (AvgIpc) is 3.18. The molecule has 5 rings (SSSR count). The average molecular weight is 583 g/mol. The van der Waals surface area contributed by atoms with Crippen molar-refractivity contribution in [3.8, 4) is 0 Å². The van der Waals surface area contributed by atoms with Crippen LogP contribution in [0, 0.1) is 11.8 Å². The number of ether oxygens (including phenoxy) is 5. The maximum absolute atomic E-state index is 13.6. The molecular formula is C27H34O14. The third kappa shape index (κ3) is 5.17. The SMILES string of the molecule is C[C@@H]1CO[C@@]2(C[C@@H]1OC(=O)c1ccccc1)O[C@@H]1C[C@@H](C(=O)O[C@@H]3O[C@H](CO)[C@H](O)[C@H](O)[C@H]3O)C[C@H](O)[C@]1(O)C2=O. The molecule has 3 aliphatic heterocycles. The molecule has 0 bridgehead atoms. The molecule has 0 radical (unpaired) electrons. The Kier molecular flexibility index (Phi) is 8.24. The van der Waals surface area contributed by atoms with Gasteiger partial charge in [-0.25, -0.2) is 4.79 Å². The number of aliphatic hydroxyl groups excluding tert-OH is 5. The lowest BCUT2D eigenvalue weighted by atomic mass is 9.72. The number of hydrogen-bond acceptors (Lipinski definition) is 14. The first-order valence-corrected chi connectivity index (χ1v) is 13.5. The van der Waals surface area contributed by atoms with Gasteiger partial charge in [-0.3, -0.25) is 9.59 Å². The number of ketones is 1. The first-order valence-electron chi connectivity index (χ1n) is 13.5. The van der Waals surface area contributed by atoms with E-state index in [2.05, 4.69) is 0 Å². The second kappa shape index (κ2) is 11.3. The van der Waals surface area contributed by atoms with Gasteiger partial charge in [0.2, 0.25) is 17.9 Å². The maximum atomic E-state index is 13.6. The molecule has 3 saturated heterocycles. The molecule has 1 aromatic carbocycles. The van der Waals surface area contributed by atoms with E-state index in [9.17, 15) is 45.0 Å². The number of aliphatic hydroxyl groups is 6. The molecule has 0 amide bonds. The van der Waals surface area contributed by atoms with Crippen LogP contribution in [0.1, 0.15) is 36.5 Å². The van der Waals surface area contributed by atoms with Crippen LogP contribution in [-0.4, -0.2) is 122 Å². The molecule has 4 aliphatic rings. The van der Waals surface area contributed by atoms with E-state index in [1.165, 1.54) is 0 Å². The highest BCUT2D eigenvalue weighted by molar-refractivity contribution is 5.97. The van der Waals surface area contributed by atoms with Gasteiger partial charge >= 0.3 is 11.9 Å². The third-order valence-electron chi connectivity index (χ3n) is 8.41. The molecular weight excluding hydrogens is 548 g/mol. The Morgan fingerprint density at radius 1 is 1.02 bits per heavy atom. The van der Waals surface area contributed by atoms with Gasteiger partial charge in [0.05, 0.1) is 30.8 Å². The predicted molar refractivity (Wildman–Crippen MR) is 132 cm³/mol. The molecule has 14 nitrogen and oxygen atoms in total. The molecule has 3 heterocycles. The minimum atomic E-state index is -2.42. The second-order valence-corrected chi connectivity index (χ2v) is 11.1. The molecule has 0 unspecified atom stereocenters. The van der Waals surface area contributed by atoms with Crippen LogP contribution in [-0.2, 0) is 33.3 Å². The van der Waals surface area contributed by atoms with Crippen LogP contribution >= 0.6 is 0 Å². The van der Waals surface area contributed by atoms with E-state index in [-0.39, 0.29) is 25.4 Å². The van der Waals surface area contributed by atoms with Crippen molar-refractivity contribution in [2.75, 3.05) is 13.2 Å². The molecule has 12 atom stereocenters. The lowest BCUT2D eigenvalue weighted by Gasteiger charge is -2.41. The lowest BCUT2D eigenvalue weighted by molar-refractivity contribution is -0.295. The molecule has 41 heavy (non-hydrogen) atoms. The van der Waals surface area contributed by atoms with Crippen LogP contribution in [0.25, 0.3) is 0 Å². The van der Waals surface area contributed by atoms with Crippen molar-refractivity contribution in [2.45, 2.75) is 86.6 Å². The number of carbonyl (C=O) groups excluding carboxylic acids is 3. The molecule has 14 heteroatoms. The van der Waals surface area contributed by atoms with Crippen LogP contribution in [0.2, 0.25) is 0 Å². The van der Waals surface area contributed by atoms with Gasteiger partial charge in [-0.15, -0.1) is 0 Å². The van der Waals surface area contributed by atoms with Gasteiger partial charge < -0.3 is 54.3 Å². The van der Waals surface area contributed by atoms with E-state index in [0.717, 1.165) is 0 Å². The fourth-order valence-corrected chi connectivity index (χ4v) is 5.87. The highest BCUT2D eigenvalue weighted by atomic mass is 16.7. The van der Waals surface area contributed by atoms with Crippen molar-refractivity contribution in [1.82, 2.24) is 0 Å². The van der Waals surface area contributed by atoms with Gasteiger partial charge in [0, 0.05) is 12.3 Å². The number of carbonyl (C=O) groups is 3. The van der Waals surface area contributed by atoms with E-state index in [1.54, 1.807) is 37.3 Å². The number of benzene rings is 1. The first-order chi connectivity index (χ1) is 19.4. The highest BCUT2D eigenvalue weighted by Crippen LogP contribution is 2.49. The van der Waals surface area contributed by atoms with Crippen LogP contribution < -0.4 is 0 Å². The fraction of sp³-hybridized carbons (Fsp3) is 0.667. The quantitative estimate of drug-likeness (QED) is 0.203. The van der Waals surface area contributed by atoms with Crippen molar-refractivity contribution in [2.24, 2.45) is 11.8 Å². The minimum absolute atomic E-state index is 0.0556. The zero-order valence-electron chi connectivity index (χ0n) is 22.1. The normalized spacial score (nSPS) is 44.3. The second-order valence-electron chi connectivity index (χ2n) is 11.1. The van der Waals surface area contributed by atoms with E-state index < -0.39 is 97.1 Å². The smallest absolute Gasteiger partial charge is 0.338 e. The Bertz CT molecular complexity index is 1140. The van der Waals surface area contributed by atoms with Crippen LogP contribution in [0.3, 0.4) is 0 Å². The highest BCUT2D eigenvalue weighted by Gasteiger charge is 2.71. The summed E-state index contributed by atoms with van der Waals surface area (Å²) in [6, 6.07) is 8.26. The number of hydrogen-bond donors (Lipinski definition) is 6. The van der Waals surface area contributed by atoms with E-state index in [4.69, 9.17) is 23.7 Å². The molecule has 1 aliphatic carbocycles. The predicted octanol–water partition coefficient (Wildman–Crippen LogP) is -2.22. The summed E-state index contributed by atoms with van der Waals surface area (Å²) in [5.41, 5.74) is -2.11. The van der Waals surface area contributed by atoms with Crippen molar-refractivity contribution >= 4 is 17.7 Å². The zero-order chi connectivity index (χ0) is 29.7. The van der Waals surface area contributed by atoms with Gasteiger partial charge in [0.15, 0.2) is 5.60 Å². The molecule has 1 aromatic rings. The summed E-state index contributed by atoms with van der Waals surface area (Å²) in [6.45, 7) is 0.978. The largest absolute Gasteiger partial charge is 0.458 e. The van der Waals surface area contributed by atoms with E-state index in [1.807, 2.05) is 0 Å². The summed E-state index contributed by atoms with van der Waals surface area (Å²) >= 11 is 0. The maximum Gasteiger partial charge on any atom is 0.338 e. The Hall–Kier alpha value is -2.53. The fourth-order valence-electron chi connectivity index (χ4n) is 5.87. The third-order valence-corrected chi connectivity index (χ3v) is 8.41. The monoisotopic (exact) mass is 582 g/mol. The Morgan fingerprint density at radius 3 is 2.41 bits per heavy atom. The standard InChI is InChI=1S/C27H34O14/c1-12-11-37-26(9-15(12)38-22(33)13-5-3-2-4-6-13)25(35)27(36)17(29)7-14(8-18(27)41-26)23(34)40-24-21(32)20(31)19(30)16(10-28)39-24/h2-6,12,14-21,24,28-32,36H,7-11H2,1H3/t12-,14+,15+,16-,17+,18-,19+,20+,21-,24+,26+,27-/m1/s1. The van der Waals surface area contributed by atoms with Crippen LogP contribution in [0.5, 0.6) is 0 Å². The Morgan fingerprint density at radius 2 is 1.73 bits per heavy atom. The summed E-state index contributed by atoms with van der Waals surface area (Å²) in [5.74, 6) is -6.06. The van der Waals surface area contributed by atoms with Gasteiger partial charge in [-0.2, -0.15) is 0 Å². The Labute approximate surface area is 234 Å². The van der Waals surface area contributed by atoms with Gasteiger partial charge in [-0.05, 0) is 25.0 Å².